The van der Waals surface area contributed by atoms with Crippen LogP contribution in [0.1, 0.15) is 0 Å². The molecule has 0 aliphatic rings. The first-order chi connectivity index (χ1) is 10.2. The van der Waals surface area contributed by atoms with Crippen LogP contribution in [0.3, 0.4) is 0 Å². The number of nitrogens with zero attached hydrogens (tertiary/aromatic N) is 1. The first kappa shape index (κ1) is 13.1. The van der Waals surface area contributed by atoms with Crippen molar-refractivity contribution in [3.05, 3.63) is 66.9 Å². The summed E-state index contributed by atoms with van der Waals surface area (Å²) in [5, 5.41) is 6.73. The fourth-order valence-corrected chi connectivity index (χ4v) is 2.30. The van der Waals surface area contributed by atoms with E-state index >= 15 is 0 Å². The molecule has 1 heterocycles. The van der Waals surface area contributed by atoms with Gasteiger partial charge in [-0.25, -0.2) is 4.79 Å². The second-order valence-corrected chi connectivity index (χ2v) is 4.84. The number of para-hydroxylation sites is 2. The van der Waals surface area contributed by atoms with Crippen molar-refractivity contribution in [3.8, 4) is 0 Å². The Balaban J connectivity index is 1.80. The molecule has 0 saturated heterocycles. The van der Waals surface area contributed by atoms with E-state index in [0.717, 1.165) is 22.3 Å². The molecule has 2 amide bonds. The molecule has 3 aromatic rings. The molecule has 0 fully saturated rings. The third-order valence-electron chi connectivity index (χ3n) is 3.25. The van der Waals surface area contributed by atoms with Crippen LogP contribution in [0, 0.1) is 0 Å². The number of aryl methyl sites for hydroxylation is 1. The fraction of sp³-hybridized carbons (Fsp3) is 0.0588. The molecule has 0 aliphatic carbocycles. The van der Waals surface area contributed by atoms with Crippen LogP contribution in [0.15, 0.2) is 66.9 Å². The lowest BCUT2D eigenvalue weighted by Gasteiger charge is -2.07. The molecule has 2 N–H and O–H groups in total. The number of fused-ring (bicyclic) bond motifs is 1. The summed E-state index contributed by atoms with van der Waals surface area (Å²) >= 11 is 0. The molecule has 104 valence electrons. The van der Waals surface area contributed by atoms with Gasteiger partial charge in [0.1, 0.15) is 12.7 Å². The summed E-state index contributed by atoms with van der Waals surface area (Å²) in [5.74, 6) is 0. The van der Waals surface area contributed by atoms with Gasteiger partial charge in [0.25, 0.3) is 0 Å². The van der Waals surface area contributed by atoms with Crippen LogP contribution in [-0.4, -0.2) is 6.03 Å². The van der Waals surface area contributed by atoms with Gasteiger partial charge < -0.3 is 10.6 Å². The molecule has 0 bridgehead atoms. The van der Waals surface area contributed by atoms with Crippen LogP contribution in [0.2, 0.25) is 0 Å². The quantitative estimate of drug-likeness (QED) is 0.694. The Labute approximate surface area is 123 Å². The van der Waals surface area contributed by atoms with Crippen LogP contribution in [0.4, 0.5) is 16.2 Å². The Morgan fingerprint density at radius 1 is 0.905 bits per heavy atom. The van der Waals surface area contributed by atoms with Gasteiger partial charge in [0.05, 0.1) is 0 Å². The normalized spacial score (nSPS) is 10.3. The molecule has 0 unspecified atom stereocenters. The molecule has 2 aromatic carbocycles. The van der Waals surface area contributed by atoms with E-state index in [1.165, 1.54) is 0 Å². The molecule has 3 rings (SSSR count). The molecular weight excluding hydrogens is 262 g/mol. The van der Waals surface area contributed by atoms with Gasteiger partial charge in [-0.1, -0.05) is 30.3 Å². The summed E-state index contributed by atoms with van der Waals surface area (Å²) in [5.41, 5.74) is 2.64. The van der Waals surface area contributed by atoms with Gasteiger partial charge in [-0.05, 0) is 24.3 Å². The minimum Gasteiger partial charge on any atom is -0.308 e. The summed E-state index contributed by atoms with van der Waals surface area (Å²) in [6, 6.07) is 19.1. The van der Waals surface area contributed by atoms with Crippen molar-refractivity contribution in [1.29, 1.82) is 0 Å². The number of amides is 2. The second-order valence-electron chi connectivity index (χ2n) is 4.84. The molecule has 0 aliphatic heterocycles. The highest BCUT2D eigenvalue weighted by Gasteiger charge is 2.09. The highest BCUT2D eigenvalue weighted by atomic mass is 16.2. The summed E-state index contributed by atoms with van der Waals surface area (Å²) in [6.45, 7) is 0. The Bertz CT molecular complexity index is 784. The average molecular weight is 278 g/mol. The number of urea groups is 1. The van der Waals surface area contributed by atoms with Crippen molar-refractivity contribution in [2.45, 2.75) is 0 Å². The van der Waals surface area contributed by atoms with Crippen LogP contribution in [-0.2, 0) is 7.05 Å². The Kier molecular flexibility index (Phi) is 3.51. The predicted molar refractivity (Wildman–Crippen MR) is 84.2 cm³/mol. The molecule has 0 spiro atoms. The third kappa shape index (κ3) is 3.00. The van der Waals surface area contributed by atoms with E-state index in [1.807, 2.05) is 78.5 Å². The highest BCUT2D eigenvalue weighted by molar-refractivity contribution is 6.00. The monoisotopic (exact) mass is 278 g/mol. The van der Waals surface area contributed by atoms with E-state index < -0.39 is 0 Å². The molecule has 0 radical (unpaired) electrons. The van der Waals surface area contributed by atoms with E-state index in [0.29, 0.717) is 0 Å². The number of aromatic nitrogens is 1. The number of anilines is 2. The minimum absolute atomic E-state index is 0.253. The van der Waals surface area contributed by atoms with E-state index in [4.69, 9.17) is 0 Å². The zero-order valence-corrected chi connectivity index (χ0v) is 11.7. The van der Waals surface area contributed by atoms with E-state index in [9.17, 15) is 4.79 Å². The van der Waals surface area contributed by atoms with Gasteiger partial charge in [0.15, 0.2) is 6.20 Å². The second kappa shape index (κ2) is 5.63. The maximum absolute atomic E-state index is 12.0. The Morgan fingerprint density at radius 3 is 2.38 bits per heavy atom. The zero-order valence-electron chi connectivity index (χ0n) is 11.7. The highest BCUT2D eigenvalue weighted by Crippen LogP contribution is 2.15. The van der Waals surface area contributed by atoms with Gasteiger partial charge in [-0.15, -0.1) is 0 Å². The van der Waals surface area contributed by atoms with Crippen molar-refractivity contribution in [3.63, 3.8) is 0 Å². The lowest BCUT2D eigenvalue weighted by atomic mass is 10.2. The molecule has 0 atom stereocenters. The third-order valence-corrected chi connectivity index (χ3v) is 3.25. The fourth-order valence-electron chi connectivity index (χ4n) is 2.30. The Hall–Kier alpha value is -2.88. The van der Waals surface area contributed by atoms with Crippen molar-refractivity contribution in [2.24, 2.45) is 7.05 Å². The van der Waals surface area contributed by atoms with Crippen molar-refractivity contribution >= 4 is 28.3 Å². The largest absolute Gasteiger partial charge is 0.323 e. The first-order valence-corrected chi connectivity index (χ1v) is 6.74. The zero-order chi connectivity index (χ0) is 14.7. The number of carbonyl (C=O) groups excluding carboxylic acids is 1. The summed E-state index contributed by atoms with van der Waals surface area (Å²) < 4.78 is 1.99. The lowest BCUT2D eigenvalue weighted by Crippen LogP contribution is -2.30. The lowest BCUT2D eigenvalue weighted by molar-refractivity contribution is -0.644. The van der Waals surface area contributed by atoms with E-state index in [-0.39, 0.29) is 6.03 Å². The van der Waals surface area contributed by atoms with Crippen LogP contribution >= 0.6 is 0 Å². The number of benzene rings is 2. The minimum atomic E-state index is -0.253. The molecule has 4 heteroatoms. The molecular formula is C17H16N3O+. The van der Waals surface area contributed by atoms with E-state index in [1.54, 1.807) is 0 Å². The maximum Gasteiger partial charge on any atom is 0.323 e. The average Bonchev–Trinajstić information content (AvgIpc) is 2.48. The van der Waals surface area contributed by atoms with Gasteiger partial charge in [0.2, 0.25) is 5.52 Å². The predicted octanol–water partition coefficient (Wildman–Crippen LogP) is 3.31. The van der Waals surface area contributed by atoms with Gasteiger partial charge in [-0.3, -0.25) is 0 Å². The number of carbonyl (C=O) groups is 1. The van der Waals surface area contributed by atoms with Crippen molar-refractivity contribution in [2.75, 3.05) is 10.6 Å². The summed E-state index contributed by atoms with van der Waals surface area (Å²) in [7, 11) is 1.96. The van der Waals surface area contributed by atoms with Crippen LogP contribution in [0.5, 0.6) is 0 Å². The Morgan fingerprint density at radius 2 is 1.57 bits per heavy atom. The van der Waals surface area contributed by atoms with Crippen molar-refractivity contribution < 1.29 is 9.36 Å². The van der Waals surface area contributed by atoms with Crippen molar-refractivity contribution in [1.82, 2.24) is 0 Å². The van der Waals surface area contributed by atoms with Gasteiger partial charge in [0, 0.05) is 17.1 Å². The summed E-state index contributed by atoms with van der Waals surface area (Å²) in [4.78, 5) is 12.0. The van der Waals surface area contributed by atoms with Gasteiger partial charge in [-0.2, -0.15) is 4.57 Å². The molecule has 1 aromatic heterocycles. The number of pyridine rings is 1. The maximum atomic E-state index is 12.0. The van der Waals surface area contributed by atoms with Crippen LogP contribution in [0.25, 0.3) is 10.9 Å². The standard InChI is InChI=1S/C17H15N3O/c1-20-12-15(11-13-7-5-6-10-16(13)20)19-17(21)18-14-8-3-2-4-9-14/h2-12H,1H3,(H-,18,19,21)/p+1. The SMILES string of the molecule is C[n+]1cc(NC(=O)Nc2ccccc2)cc2ccccc21. The molecule has 4 nitrogen and oxygen atoms in total. The topological polar surface area (TPSA) is 45.0 Å². The number of nitrogens with one attached hydrogen (secondary N) is 2. The number of hydrogen-bond acceptors (Lipinski definition) is 1. The van der Waals surface area contributed by atoms with E-state index in [2.05, 4.69) is 10.6 Å². The number of rotatable bonds is 2. The van der Waals surface area contributed by atoms with Crippen LogP contribution < -0.4 is 15.2 Å². The molecule has 21 heavy (non-hydrogen) atoms. The van der Waals surface area contributed by atoms with Gasteiger partial charge >= 0.3 is 6.03 Å². The number of hydrogen-bond donors (Lipinski definition) is 2. The smallest absolute Gasteiger partial charge is 0.308 e. The summed E-state index contributed by atoms with van der Waals surface area (Å²) in [6.07, 6.45) is 1.90. The first-order valence-electron chi connectivity index (χ1n) is 6.74. The molecule has 0 saturated carbocycles.